The fourth-order valence-corrected chi connectivity index (χ4v) is 5.15. The maximum atomic E-state index is 12.5. The molecule has 0 amide bonds. The van der Waals surface area contributed by atoms with E-state index in [0.29, 0.717) is 18.9 Å². The third-order valence-electron chi connectivity index (χ3n) is 4.49. The van der Waals surface area contributed by atoms with Gasteiger partial charge in [-0.2, -0.15) is 4.31 Å². The first-order valence-electron chi connectivity index (χ1n) is 8.96. The van der Waals surface area contributed by atoms with E-state index < -0.39 is 10.0 Å². The Balaban J connectivity index is 1.66. The summed E-state index contributed by atoms with van der Waals surface area (Å²) in [5.41, 5.74) is 1.17. The lowest BCUT2D eigenvalue weighted by Gasteiger charge is -2.17. The summed E-state index contributed by atoms with van der Waals surface area (Å²) < 4.78 is 26.6. The molecular formula is C19H25N3O2S2. The van der Waals surface area contributed by atoms with Crippen molar-refractivity contribution in [2.45, 2.75) is 42.5 Å². The predicted octanol–water partition coefficient (Wildman–Crippen LogP) is 4.15. The molecule has 1 saturated heterocycles. The molecule has 140 valence electrons. The molecule has 1 aliphatic rings. The van der Waals surface area contributed by atoms with Crippen LogP contribution in [0, 0.1) is 0 Å². The molecule has 1 N–H and O–H groups in total. The van der Waals surface area contributed by atoms with Crippen LogP contribution in [0.25, 0.3) is 0 Å². The fraction of sp³-hybridized carbons (Fsp3) is 0.421. The highest BCUT2D eigenvalue weighted by Gasteiger charge is 2.27. The van der Waals surface area contributed by atoms with Crippen molar-refractivity contribution in [3.8, 4) is 0 Å². The number of anilines is 1. The van der Waals surface area contributed by atoms with Gasteiger partial charge < -0.3 is 5.32 Å². The van der Waals surface area contributed by atoms with Gasteiger partial charge in [-0.05, 0) is 55.3 Å². The Morgan fingerprint density at radius 3 is 2.42 bits per heavy atom. The minimum atomic E-state index is -3.41. The van der Waals surface area contributed by atoms with Crippen LogP contribution >= 0.6 is 11.8 Å². The molecule has 0 spiro atoms. The lowest BCUT2D eigenvalue weighted by Crippen LogP contribution is -2.27. The monoisotopic (exact) mass is 391 g/mol. The number of benzene rings is 1. The highest BCUT2D eigenvalue weighted by atomic mass is 32.2. The third kappa shape index (κ3) is 4.39. The first-order valence-corrected chi connectivity index (χ1v) is 11.4. The van der Waals surface area contributed by atoms with Crippen molar-refractivity contribution in [2.75, 3.05) is 24.2 Å². The number of rotatable bonds is 7. The second kappa shape index (κ2) is 8.41. The van der Waals surface area contributed by atoms with Crippen LogP contribution in [0.1, 0.15) is 38.3 Å². The van der Waals surface area contributed by atoms with E-state index in [-0.39, 0.29) is 10.9 Å². The largest absolute Gasteiger partial charge is 0.364 e. The Morgan fingerprint density at radius 2 is 1.85 bits per heavy atom. The molecule has 1 aromatic carbocycles. The van der Waals surface area contributed by atoms with Crippen LogP contribution in [0.15, 0.2) is 52.4 Å². The van der Waals surface area contributed by atoms with Crippen LogP contribution in [0.3, 0.4) is 0 Å². The van der Waals surface area contributed by atoms with Gasteiger partial charge in [0.05, 0.1) is 0 Å². The molecule has 0 saturated carbocycles. The van der Waals surface area contributed by atoms with E-state index in [9.17, 15) is 8.42 Å². The van der Waals surface area contributed by atoms with Crippen LogP contribution in [0.5, 0.6) is 0 Å². The summed E-state index contributed by atoms with van der Waals surface area (Å²) in [7, 11) is -3.41. The molecule has 1 fully saturated rings. The minimum Gasteiger partial charge on any atom is -0.364 e. The molecule has 1 aromatic heterocycles. The van der Waals surface area contributed by atoms with Gasteiger partial charge in [0.25, 0.3) is 0 Å². The first-order chi connectivity index (χ1) is 12.5. The summed E-state index contributed by atoms with van der Waals surface area (Å²) in [5, 5.41) is 3.33. The van der Waals surface area contributed by atoms with Gasteiger partial charge in [-0.25, -0.2) is 13.4 Å². The van der Waals surface area contributed by atoms with Crippen molar-refractivity contribution in [1.82, 2.24) is 9.29 Å². The maximum Gasteiger partial charge on any atom is 0.244 e. The zero-order valence-electron chi connectivity index (χ0n) is 15.2. The number of nitrogens with zero attached hydrogens (tertiary/aromatic N) is 2. The number of hydrogen-bond donors (Lipinski definition) is 1. The van der Waals surface area contributed by atoms with Crippen molar-refractivity contribution in [1.29, 1.82) is 0 Å². The Labute approximate surface area is 160 Å². The molecule has 2 heterocycles. The van der Waals surface area contributed by atoms with Gasteiger partial charge in [0.2, 0.25) is 10.0 Å². The quantitative estimate of drug-likeness (QED) is 0.719. The number of thioether (sulfide) groups is 1. The average molecular weight is 392 g/mol. The molecule has 26 heavy (non-hydrogen) atoms. The number of nitrogens with one attached hydrogen (secondary N) is 1. The topological polar surface area (TPSA) is 62.3 Å². The molecule has 1 atom stereocenters. The lowest BCUT2D eigenvalue weighted by atomic mass is 10.1. The van der Waals surface area contributed by atoms with Crippen molar-refractivity contribution in [3.05, 3.63) is 48.2 Å². The molecule has 2 aromatic rings. The molecule has 3 rings (SSSR count). The Morgan fingerprint density at radius 1 is 1.15 bits per heavy atom. The van der Waals surface area contributed by atoms with Crippen molar-refractivity contribution < 1.29 is 8.42 Å². The molecule has 0 aliphatic carbocycles. The van der Waals surface area contributed by atoms with Gasteiger partial charge >= 0.3 is 0 Å². The molecule has 0 bridgehead atoms. The summed E-state index contributed by atoms with van der Waals surface area (Å²) in [4.78, 5) is 5.83. The lowest BCUT2D eigenvalue weighted by molar-refractivity contribution is 0.477. The molecule has 1 unspecified atom stereocenters. The summed E-state index contributed by atoms with van der Waals surface area (Å²) >= 11 is 1.82. The van der Waals surface area contributed by atoms with Crippen LogP contribution in [0.4, 0.5) is 5.82 Å². The Bertz CT molecular complexity index is 815. The second-order valence-corrected chi connectivity index (χ2v) is 9.63. The Hall–Kier alpha value is -1.57. The number of hydrogen-bond acceptors (Lipinski definition) is 5. The van der Waals surface area contributed by atoms with E-state index in [1.807, 2.05) is 11.8 Å². The smallest absolute Gasteiger partial charge is 0.244 e. The predicted molar refractivity (Wildman–Crippen MR) is 107 cm³/mol. The standard InChI is InChI=1S/C19H25N3O2S2/c1-3-25-17-8-6-16(7-9-17)15(2)21-19-11-10-18(14-20-19)26(23,24)22-12-4-5-13-22/h6-11,14-15H,3-5,12-13H2,1-2H3,(H,20,21). The summed E-state index contributed by atoms with van der Waals surface area (Å²) in [6, 6.07) is 11.9. The van der Waals surface area contributed by atoms with Crippen LogP contribution in [-0.4, -0.2) is 36.5 Å². The second-order valence-electron chi connectivity index (χ2n) is 6.36. The van der Waals surface area contributed by atoms with E-state index in [1.54, 1.807) is 12.1 Å². The van der Waals surface area contributed by atoms with Crippen LogP contribution in [-0.2, 0) is 10.0 Å². The van der Waals surface area contributed by atoms with E-state index >= 15 is 0 Å². The maximum absolute atomic E-state index is 12.5. The van der Waals surface area contributed by atoms with Gasteiger partial charge in [0.1, 0.15) is 10.7 Å². The van der Waals surface area contributed by atoms with E-state index in [1.165, 1.54) is 21.0 Å². The van der Waals surface area contributed by atoms with Gasteiger partial charge in [-0.15, -0.1) is 11.8 Å². The zero-order valence-corrected chi connectivity index (χ0v) is 16.8. The number of pyridine rings is 1. The molecule has 1 aliphatic heterocycles. The van der Waals surface area contributed by atoms with Crippen molar-refractivity contribution in [3.63, 3.8) is 0 Å². The van der Waals surface area contributed by atoms with Crippen LogP contribution in [0.2, 0.25) is 0 Å². The van der Waals surface area contributed by atoms with Crippen molar-refractivity contribution >= 4 is 27.6 Å². The summed E-state index contributed by atoms with van der Waals surface area (Å²) in [5.74, 6) is 1.73. The first kappa shape index (κ1) is 19.2. The molecule has 5 nitrogen and oxygen atoms in total. The van der Waals surface area contributed by atoms with Gasteiger partial charge in [-0.1, -0.05) is 19.1 Å². The van der Waals surface area contributed by atoms with E-state index in [4.69, 9.17) is 0 Å². The Kier molecular flexibility index (Phi) is 6.21. The van der Waals surface area contributed by atoms with Gasteiger partial charge in [0.15, 0.2) is 0 Å². The zero-order chi connectivity index (χ0) is 18.6. The fourth-order valence-electron chi connectivity index (χ4n) is 3.02. The highest BCUT2D eigenvalue weighted by molar-refractivity contribution is 7.99. The molecule has 0 radical (unpaired) electrons. The highest BCUT2D eigenvalue weighted by Crippen LogP contribution is 2.24. The van der Waals surface area contributed by atoms with Gasteiger partial charge in [0, 0.05) is 30.2 Å². The average Bonchev–Trinajstić information content (AvgIpc) is 3.19. The number of aromatic nitrogens is 1. The van der Waals surface area contributed by atoms with Gasteiger partial charge in [-0.3, -0.25) is 0 Å². The van der Waals surface area contributed by atoms with Crippen LogP contribution < -0.4 is 5.32 Å². The SMILES string of the molecule is CCSc1ccc(C(C)Nc2ccc(S(=O)(=O)N3CCCC3)cn2)cc1. The van der Waals surface area contributed by atoms with Crippen molar-refractivity contribution in [2.24, 2.45) is 0 Å². The van der Waals surface area contributed by atoms with E-state index in [2.05, 4.69) is 48.4 Å². The normalized spacial score (nSPS) is 16.5. The minimum absolute atomic E-state index is 0.0872. The molecule has 7 heteroatoms. The number of sulfonamides is 1. The summed E-state index contributed by atoms with van der Waals surface area (Å²) in [6.45, 7) is 5.41. The third-order valence-corrected chi connectivity index (χ3v) is 7.27. The molecular weight excluding hydrogens is 366 g/mol. The van der Waals surface area contributed by atoms with E-state index in [0.717, 1.165) is 18.6 Å². The summed E-state index contributed by atoms with van der Waals surface area (Å²) in [6.07, 6.45) is 3.31.